The molecule has 18 heavy (non-hydrogen) atoms. The van der Waals surface area contributed by atoms with Crippen LogP contribution < -0.4 is 5.32 Å². The maximum Gasteiger partial charge on any atom is 0.260 e. The van der Waals surface area contributed by atoms with Gasteiger partial charge in [0, 0.05) is 32.2 Å². The molecule has 0 aliphatic carbocycles. The lowest BCUT2D eigenvalue weighted by atomic mass is 10.3. The molecule has 6 nitrogen and oxygen atoms in total. The fourth-order valence-electron chi connectivity index (χ4n) is 2.02. The van der Waals surface area contributed by atoms with E-state index in [2.05, 4.69) is 10.4 Å². The summed E-state index contributed by atoms with van der Waals surface area (Å²) in [7, 11) is -3.40. The van der Waals surface area contributed by atoms with Gasteiger partial charge >= 0.3 is 0 Å². The highest BCUT2D eigenvalue weighted by atomic mass is 35.5. The second-order valence-electron chi connectivity index (χ2n) is 4.20. The molecular weight excluding hydrogens is 276 g/mol. The Hall–Kier alpha value is -0.630. The van der Waals surface area contributed by atoms with Gasteiger partial charge in [-0.1, -0.05) is 0 Å². The third kappa shape index (κ3) is 2.85. The molecule has 1 N–H and O–H groups in total. The van der Waals surface area contributed by atoms with E-state index in [4.69, 9.17) is 0 Å². The van der Waals surface area contributed by atoms with Crippen molar-refractivity contribution in [3.63, 3.8) is 0 Å². The Morgan fingerprint density at radius 1 is 1.56 bits per heavy atom. The Bertz CT molecular complexity index is 488. The average Bonchev–Trinajstić information content (AvgIpc) is 2.77. The molecular formula is C10H19ClN4O2S. The SMILES string of the molecule is CCn1nccc1S(=O)(=O)N1CCNC(C)C1.Cl. The molecule has 2 heterocycles. The zero-order valence-electron chi connectivity index (χ0n) is 10.5. The lowest BCUT2D eigenvalue weighted by molar-refractivity contribution is 0.307. The monoisotopic (exact) mass is 294 g/mol. The van der Waals surface area contributed by atoms with E-state index < -0.39 is 10.0 Å². The fraction of sp³-hybridized carbons (Fsp3) is 0.700. The maximum absolute atomic E-state index is 12.4. The molecule has 1 aromatic heterocycles. The largest absolute Gasteiger partial charge is 0.312 e. The number of aryl methyl sites for hydroxylation is 1. The lowest BCUT2D eigenvalue weighted by Gasteiger charge is -2.30. The van der Waals surface area contributed by atoms with Gasteiger partial charge in [-0.05, 0) is 19.9 Å². The molecule has 1 atom stereocenters. The van der Waals surface area contributed by atoms with E-state index in [-0.39, 0.29) is 23.5 Å². The smallest absolute Gasteiger partial charge is 0.260 e. The molecule has 1 aliphatic rings. The molecule has 2 rings (SSSR count). The number of piperazine rings is 1. The topological polar surface area (TPSA) is 67.2 Å². The van der Waals surface area contributed by atoms with E-state index in [9.17, 15) is 8.42 Å². The van der Waals surface area contributed by atoms with E-state index in [0.717, 1.165) is 0 Å². The molecule has 0 radical (unpaired) electrons. The van der Waals surface area contributed by atoms with Gasteiger partial charge in [0.05, 0.1) is 6.20 Å². The summed E-state index contributed by atoms with van der Waals surface area (Å²) in [6.45, 7) is 6.15. The number of rotatable bonds is 3. The molecule has 0 bridgehead atoms. The van der Waals surface area contributed by atoms with Crippen molar-refractivity contribution in [3.05, 3.63) is 12.3 Å². The van der Waals surface area contributed by atoms with Gasteiger partial charge in [-0.25, -0.2) is 8.42 Å². The quantitative estimate of drug-likeness (QED) is 0.871. The van der Waals surface area contributed by atoms with Crippen LogP contribution >= 0.6 is 12.4 Å². The molecule has 1 aromatic rings. The molecule has 104 valence electrons. The summed E-state index contributed by atoms with van der Waals surface area (Å²) in [4.78, 5) is 0. The predicted octanol–water partition coefficient (Wildman–Crippen LogP) is 0.307. The van der Waals surface area contributed by atoms with Crippen molar-refractivity contribution in [2.75, 3.05) is 19.6 Å². The normalized spacial score (nSPS) is 21.6. The number of hydrogen-bond acceptors (Lipinski definition) is 4. The third-order valence-corrected chi connectivity index (χ3v) is 4.80. The highest BCUT2D eigenvalue weighted by Crippen LogP contribution is 2.16. The Kier molecular flexibility index (Phi) is 5.15. The zero-order chi connectivity index (χ0) is 12.5. The van der Waals surface area contributed by atoms with Crippen LogP contribution in [-0.4, -0.2) is 48.2 Å². The van der Waals surface area contributed by atoms with Gasteiger partial charge < -0.3 is 5.32 Å². The fourth-order valence-corrected chi connectivity index (χ4v) is 3.72. The van der Waals surface area contributed by atoms with Gasteiger partial charge in [0.1, 0.15) is 0 Å². The molecule has 1 unspecified atom stereocenters. The average molecular weight is 295 g/mol. The number of sulfonamides is 1. The minimum Gasteiger partial charge on any atom is -0.312 e. The Balaban J connectivity index is 0.00000162. The Morgan fingerprint density at radius 2 is 2.28 bits per heavy atom. The van der Waals surface area contributed by atoms with E-state index in [1.54, 1.807) is 6.07 Å². The standard InChI is InChI=1S/C10H18N4O2S.ClH/c1-3-14-10(4-5-12-14)17(15,16)13-7-6-11-9(2)8-13;/h4-5,9,11H,3,6-8H2,1-2H3;1H. The van der Waals surface area contributed by atoms with Crippen LogP contribution in [0.2, 0.25) is 0 Å². The van der Waals surface area contributed by atoms with E-state index in [1.165, 1.54) is 15.2 Å². The zero-order valence-corrected chi connectivity index (χ0v) is 12.2. The van der Waals surface area contributed by atoms with Crippen LogP contribution in [0.4, 0.5) is 0 Å². The minimum atomic E-state index is -3.40. The molecule has 0 aromatic carbocycles. The van der Waals surface area contributed by atoms with Crippen molar-refractivity contribution in [3.8, 4) is 0 Å². The van der Waals surface area contributed by atoms with Crippen molar-refractivity contribution < 1.29 is 8.42 Å². The molecule has 0 amide bonds. The van der Waals surface area contributed by atoms with Crippen LogP contribution in [0.1, 0.15) is 13.8 Å². The minimum absolute atomic E-state index is 0. The van der Waals surface area contributed by atoms with Gasteiger partial charge in [-0.2, -0.15) is 9.40 Å². The van der Waals surface area contributed by atoms with Crippen LogP contribution in [0.3, 0.4) is 0 Å². The van der Waals surface area contributed by atoms with Crippen LogP contribution in [0, 0.1) is 0 Å². The van der Waals surface area contributed by atoms with Gasteiger partial charge in [-0.15, -0.1) is 12.4 Å². The summed E-state index contributed by atoms with van der Waals surface area (Å²) in [6, 6.07) is 1.75. The van der Waals surface area contributed by atoms with Crippen molar-refractivity contribution in [2.45, 2.75) is 31.5 Å². The van der Waals surface area contributed by atoms with Crippen LogP contribution in [-0.2, 0) is 16.6 Å². The molecule has 0 spiro atoms. The number of nitrogens with one attached hydrogen (secondary N) is 1. The lowest BCUT2D eigenvalue weighted by Crippen LogP contribution is -2.51. The number of halogens is 1. The summed E-state index contributed by atoms with van der Waals surface area (Å²) in [5, 5.41) is 7.53. The molecule has 0 saturated carbocycles. The van der Waals surface area contributed by atoms with Gasteiger partial charge in [0.15, 0.2) is 5.03 Å². The highest BCUT2D eigenvalue weighted by molar-refractivity contribution is 7.89. The summed E-state index contributed by atoms with van der Waals surface area (Å²) < 4.78 is 27.9. The van der Waals surface area contributed by atoms with Crippen molar-refractivity contribution in [1.82, 2.24) is 19.4 Å². The number of nitrogens with zero attached hydrogens (tertiary/aromatic N) is 3. The second-order valence-corrected chi connectivity index (χ2v) is 6.09. The predicted molar refractivity (Wildman–Crippen MR) is 71.4 cm³/mol. The van der Waals surface area contributed by atoms with E-state index in [1.807, 2.05) is 13.8 Å². The van der Waals surface area contributed by atoms with Gasteiger partial charge in [0.2, 0.25) is 0 Å². The van der Waals surface area contributed by atoms with Gasteiger partial charge in [0.25, 0.3) is 10.0 Å². The van der Waals surface area contributed by atoms with Crippen molar-refractivity contribution in [2.24, 2.45) is 0 Å². The second kappa shape index (κ2) is 6.01. The molecule has 1 fully saturated rings. The van der Waals surface area contributed by atoms with Crippen LogP contribution in [0.25, 0.3) is 0 Å². The molecule has 8 heteroatoms. The third-order valence-electron chi connectivity index (χ3n) is 2.91. The Labute approximate surface area is 114 Å². The summed E-state index contributed by atoms with van der Waals surface area (Å²) in [5.74, 6) is 0. The van der Waals surface area contributed by atoms with Crippen molar-refractivity contribution >= 4 is 22.4 Å². The summed E-state index contributed by atoms with van der Waals surface area (Å²) >= 11 is 0. The molecule has 1 aliphatic heterocycles. The first-order valence-electron chi connectivity index (χ1n) is 5.81. The van der Waals surface area contributed by atoms with Crippen LogP contribution in [0.5, 0.6) is 0 Å². The number of aromatic nitrogens is 2. The van der Waals surface area contributed by atoms with Crippen LogP contribution in [0.15, 0.2) is 17.3 Å². The first-order chi connectivity index (χ1) is 8.05. The van der Waals surface area contributed by atoms with E-state index in [0.29, 0.717) is 26.2 Å². The van der Waals surface area contributed by atoms with E-state index >= 15 is 0 Å². The number of hydrogen-bond donors (Lipinski definition) is 1. The highest BCUT2D eigenvalue weighted by Gasteiger charge is 2.30. The first kappa shape index (κ1) is 15.4. The summed E-state index contributed by atoms with van der Waals surface area (Å²) in [5.41, 5.74) is 0. The van der Waals surface area contributed by atoms with Crippen molar-refractivity contribution in [1.29, 1.82) is 0 Å². The summed E-state index contributed by atoms with van der Waals surface area (Å²) in [6.07, 6.45) is 1.53. The maximum atomic E-state index is 12.4. The van der Waals surface area contributed by atoms with Gasteiger partial charge in [-0.3, -0.25) is 4.68 Å². The Morgan fingerprint density at radius 3 is 2.89 bits per heavy atom. The molecule has 1 saturated heterocycles. The first-order valence-corrected chi connectivity index (χ1v) is 7.25.